The number of amides is 2. The molecule has 5 nitrogen and oxygen atoms in total. The Labute approximate surface area is 107 Å². The van der Waals surface area contributed by atoms with Crippen molar-refractivity contribution in [3.05, 3.63) is 0 Å². The minimum atomic E-state index is -0.353. The highest BCUT2D eigenvalue weighted by Crippen LogP contribution is 2.29. The molecule has 0 spiro atoms. The third kappa shape index (κ3) is 3.22. The van der Waals surface area contributed by atoms with E-state index >= 15 is 0 Å². The fourth-order valence-corrected chi connectivity index (χ4v) is 2.96. The van der Waals surface area contributed by atoms with Crippen LogP contribution < -0.4 is 10.6 Å². The summed E-state index contributed by atoms with van der Waals surface area (Å²) < 4.78 is 0. The number of carbonyl (C=O) groups is 2. The molecule has 18 heavy (non-hydrogen) atoms. The Morgan fingerprint density at radius 3 is 2.61 bits per heavy atom. The first kappa shape index (κ1) is 13.3. The predicted octanol–water partition coefficient (Wildman–Crippen LogP) is 0.180. The van der Waals surface area contributed by atoms with Gasteiger partial charge >= 0.3 is 0 Å². The van der Waals surface area contributed by atoms with E-state index in [4.69, 9.17) is 0 Å². The van der Waals surface area contributed by atoms with Crippen molar-refractivity contribution < 1.29 is 14.7 Å². The SMILES string of the molecule is O=C1CC[C@H](C(=O)NCC2CCCCC2CO)N1. The summed E-state index contributed by atoms with van der Waals surface area (Å²) in [5.74, 6) is 0.575. The quantitative estimate of drug-likeness (QED) is 0.669. The molecule has 2 unspecified atom stereocenters. The van der Waals surface area contributed by atoms with Gasteiger partial charge in [0.15, 0.2) is 0 Å². The lowest BCUT2D eigenvalue weighted by atomic mass is 9.79. The fourth-order valence-electron chi connectivity index (χ4n) is 2.96. The molecule has 5 heteroatoms. The summed E-state index contributed by atoms with van der Waals surface area (Å²) in [6, 6.07) is -0.353. The van der Waals surface area contributed by atoms with Gasteiger partial charge in [-0.05, 0) is 31.1 Å². The van der Waals surface area contributed by atoms with Gasteiger partial charge in [0, 0.05) is 19.6 Å². The maximum absolute atomic E-state index is 11.8. The second-order valence-electron chi connectivity index (χ2n) is 5.39. The molecule has 0 bridgehead atoms. The van der Waals surface area contributed by atoms with E-state index in [1.54, 1.807) is 0 Å². The molecule has 1 heterocycles. The minimum Gasteiger partial charge on any atom is -0.396 e. The van der Waals surface area contributed by atoms with Crippen molar-refractivity contribution in [2.24, 2.45) is 11.8 Å². The average Bonchev–Trinajstić information content (AvgIpc) is 2.83. The molecule has 0 aromatic heterocycles. The Balaban J connectivity index is 1.76. The molecule has 2 amide bonds. The molecule has 1 aliphatic heterocycles. The first-order valence-electron chi connectivity index (χ1n) is 6.88. The molecule has 1 saturated heterocycles. The van der Waals surface area contributed by atoms with Crippen molar-refractivity contribution in [1.82, 2.24) is 10.6 Å². The smallest absolute Gasteiger partial charge is 0.242 e. The maximum atomic E-state index is 11.8. The summed E-state index contributed by atoms with van der Waals surface area (Å²) in [6.45, 7) is 0.830. The second kappa shape index (κ2) is 6.18. The number of aliphatic hydroxyl groups excluding tert-OH is 1. The van der Waals surface area contributed by atoms with Crippen molar-refractivity contribution in [3.8, 4) is 0 Å². The predicted molar refractivity (Wildman–Crippen MR) is 66.7 cm³/mol. The molecule has 2 aliphatic rings. The van der Waals surface area contributed by atoms with Crippen LogP contribution in [-0.4, -0.2) is 36.1 Å². The lowest BCUT2D eigenvalue weighted by molar-refractivity contribution is -0.126. The van der Waals surface area contributed by atoms with Crippen LogP contribution in [0.4, 0.5) is 0 Å². The van der Waals surface area contributed by atoms with Crippen LogP contribution in [0.2, 0.25) is 0 Å². The zero-order valence-corrected chi connectivity index (χ0v) is 10.7. The highest BCUT2D eigenvalue weighted by molar-refractivity contribution is 5.90. The van der Waals surface area contributed by atoms with Crippen LogP contribution in [0.25, 0.3) is 0 Å². The largest absolute Gasteiger partial charge is 0.396 e. The van der Waals surface area contributed by atoms with Crippen LogP contribution in [0.5, 0.6) is 0 Å². The zero-order chi connectivity index (χ0) is 13.0. The second-order valence-corrected chi connectivity index (χ2v) is 5.39. The average molecular weight is 254 g/mol. The van der Waals surface area contributed by atoms with E-state index in [0.717, 1.165) is 12.8 Å². The number of nitrogens with one attached hydrogen (secondary N) is 2. The van der Waals surface area contributed by atoms with Crippen LogP contribution in [0, 0.1) is 11.8 Å². The van der Waals surface area contributed by atoms with E-state index < -0.39 is 0 Å². The van der Waals surface area contributed by atoms with Gasteiger partial charge in [-0.1, -0.05) is 12.8 Å². The van der Waals surface area contributed by atoms with Crippen LogP contribution in [0.3, 0.4) is 0 Å². The van der Waals surface area contributed by atoms with E-state index in [1.807, 2.05) is 0 Å². The van der Waals surface area contributed by atoms with Crippen LogP contribution in [0.1, 0.15) is 38.5 Å². The van der Waals surface area contributed by atoms with Gasteiger partial charge in [-0.15, -0.1) is 0 Å². The summed E-state index contributed by atoms with van der Waals surface area (Å²) in [6.07, 6.45) is 5.52. The van der Waals surface area contributed by atoms with Crippen LogP contribution in [0.15, 0.2) is 0 Å². The van der Waals surface area contributed by atoms with E-state index in [-0.39, 0.29) is 24.5 Å². The number of aliphatic hydroxyl groups is 1. The van der Waals surface area contributed by atoms with E-state index in [2.05, 4.69) is 10.6 Å². The Morgan fingerprint density at radius 2 is 2.00 bits per heavy atom. The topological polar surface area (TPSA) is 78.4 Å². The molecule has 0 aromatic carbocycles. The molecule has 3 N–H and O–H groups in total. The van der Waals surface area contributed by atoms with Crippen LogP contribution in [-0.2, 0) is 9.59 Å². The highest BCUT2D eigenvalue weighted by Gasteiger charge is 2.29. The molecule has 0 aromatic rings. The summed E-state index contributed by atoms with van der Waals surface area (Å²) in [4.78, 5) is 22.9. The highest BCUT2D eigenvalue weighted by atomic mass is 16.3. The first-order valence-corrected chi connectivity index (χ1v) is 6.88. The molecule has 1 saturated carbocycles. The van der Waals surface area contributed by atoms with Crippen molar-refractivity contribution in [2.75, 3.05) is 13.2 Å². The Hall–Kier alpha value is -1.10. The standard InChI is InChI=1S/C13H22N2O3/c16-8-10-4-2-1-3-9(10)7-14-13(18)11-5-6-12(17)15-11/h9-11,16H,1-8H2,(H,14,18)(H,15,17)/t9?,10?,11-/m1/s1. The number of hydrogen-bond donors (Lipinski definition) is 3. The van der Waals surface area contributed by atoms with Gasteiger partial charge < -0.3 is 15.7 Å². The Morgan fingerprint density at radius 1 is 1.28 bits per heavy atom. The van der Waals surface area contributed by atoms with Crippen molar-refractivity contribution in [3.63, 3.8) is 0 Å². The van der Waals surface area contributed by atoms with Crippen molar-refractivity contribution in [1.29, 1.82) is 0 Å². The van der Waals surface area contributed by atoms with E-state index in [9.17, 15) is 14.7 Å². The maximum Gasteiger partial charge on any atom is 0.242 e. The number of rotatable bonds is 4. The van der Waals surface area contributed by atoms with Gasteiger partial charge in [-0.3, -0.25) is 9.59 Å². The van der Waals surface area contributed by atoms with Gasteiger partial charge in [-0.2, -0.15) is 0 Å². The Bertz CT molecular complexity index is 319. The van der Waals surface area contributed by atoms with Crippen molar-refractivity contribution >= 4 is 11.8 Å². The zero-order valence-electron chi connectivity index (χ0n) is 10.7. The molecule has 3 atom stereocenters. The van der Waals surface area contributed by atoms with Crippen LogP contribution >= 0.6 is 0 Å². The molecule has 1 aliphatic carbocycles. The lowest BCUT2D eigenvalue weighted by Gasteiger charge is -2.30. The van der Waals surface area contributed by atoms with E-state index in [0.29, 0.717) is 31.2 Å². The third-order valence-corrected chi connectivity index (χ3v) is 4.15. The Kier molecular flexibility index (Phi) is 4.58. The van der Waals surface area contributed by atoms with Gasteiger partial charge in [0.25, 0.3) is 0 Å². The summed E-state index contributed by atoms with van der Waals surface area (Å²) >= 11 is 0. The summed E-state index contributed by atoms with van der Waals surface area (Å²) in [7, 11) is 0. The molecule has 2 rings (SSSR count). The van der Waals surface area contributed by atoms with Gasteiger partial charge in [0.1, 0.15) is 6.04 Å². The van der Waals surface area contributed by atoms with Gasteiger partial charge in [0.2, 0.25) is 11.8 Å². The number of hydrogen-bond acceptors (Lipinski definition) is 3. The molecule has 2 fully saturated rings. The fraction of sp³-hybridized carbons (Fsp3) is 0.846. The third-order valence-electron chi connectivity index (χ3n) is 4.15. The minimum absolute atomic E-state index is 0.0407. The number of carbonyl (C=O) groups excluding carboxylic acids is 2. The first-order chi connectivity index (χ1) is 8.70. The lowest BCUT2D eigenvalue weighted by Crippen LogP contribution is -2.44. The van der Waals surface area contributed by atoms with Crippen molar-refractivity contribution in [2.45, 2.75) is 44.6 Å². The van der Waals surface area contributed by atoms with Gasteiger partial charge in [0.05, 0.1) is 0 Å². The molecular weight excluding hydrogens is 232 g/mol. The molecular formula is C13H22N2O3. The molecule has 102 valence electrons. The summed E-state index contributed by atoms with van der Waals surface area (Å²) in [5.41, 5.74) is 0. The monoisotopic (exact) mass is 254 g/mol. The molecule has 0 radical (unpaired) electrons. The summed E-state index contributed by atoms with van der Waals surface area (Å²) in [5, 5.41) is 14.9. The van der Waals surface area contributed by atoms with E-state index in [1.165, 1.54) is 12.8 Å². The van der Waals surface area contributed by atoms with Gasteiger partial charge in [-0.25, -0.2) is 0 Å². The normalized spacial score (nSPS) is 32.1.